The maximum Gasteiger partial charge on any atom is 0.349 e. The molecule has 1 aromatic rings. The average molecular weight is 319 g/mol. The molecule has 0 radical (unpaired) electrons. The van der Waals surface area contributed by atoms with Gasteiger partial charge in [-0.15, -0.1) is 11.3 Å². The molecule has 1 fully saturated rings. The summed E-state index contributed by atoms with van der Waals surface area (Å²) < 4.78 is 36.8. The number of aryl methyl sites for hydroxylation is 1. The first kappa shape index (κ1) is 15.4. The standard InChI is InChI=1S/C12H17NO5S2/c1-9-8-19-10(12(14)17-2)11(9)20(15,16)13-4-3-6-18-7-5-13/h8H,3-7H2,1-2H3. The zero-order valence-electron chi connectivity index (χ0n) is 11.4. The van der Waals surface area contributed by atoms with Crippen LogP contribution in [0.4, 0.5) is 0 Å². The Morgan fingerprint density at radius 1 is 1.40 bits per heavy atom. The Hall–Kier alpha value is -0.960. The smallest absolute Gasteiger partial charge is 0.349 e. The van der Waals surface area contributed by atoms with Crippen molar-refractivity contribution in [1.29, 1.82) is 0 Å². The summed E-state index contributed by atoms with van der Waals surface area (Å²) in [5.41, 5.74) is 0.570. The monoisotopic (exact) mass is 319 g/mol. The van der Waals surface area contributed by atoms with Crippen LogP contribution in [0.15, 0.2) is 10.3 Å². The van der Waals surface area contributed by atoms with Crippen molar-refractivity contribution in [2.75, 3.05) is 33.4 Å². The zero-order valence-corrected chi connectivity index (χ0v) is 13.1. The molecule has 0 spiro atoms. The highest BCUT2D eigenvalue weighted by Gasteiger charge is 2.32. The van der Waals surface area contributed by atoms with Crippen molar-refractivity contribution in [3.63, 3.8) is 0 Å². The van der Waals surface area contributed by atoms with E-state index in [1.165, 1.54) is 11.4 Å². The van der Waals surface area contributed by atoms with E-state index in [-0.39, 0.29) is 9.77 Å². The van der Waals surface area contributed by atoms with Crippen LogP contribution in [0.2, 0.25) is 0 Å². The Balaban J connectivity index is 2.43. The summed E-state index contributed by atoms with van der Waals surface area (Å²) in [6.45, 7) is 3.31. The molecule has 1 saturated heterocycles. The molecule has 1 aliphatic rings. The predicted octanol–water partition coefficient (Wildman–Crippen LogP) is 1.25. The lowest BCUT2D eigenvalue weighted by atomic mass is 10.3. The van der Waals surface area contributed by atoms with Gasteiger partial charge in [0.2, 0.25) is 10.0 Å². The molecule has 0 aromatic carbocycles. The number of thiophene rings is 1. The van der Waals surface area contributed by atoms with Crippen molar-refractivity contribution in [2.45, 2.75) is 18.2 Å². The Morgan fingerprint density at radius 2 is 2.15 bits per heavy atom. The molecule has 0 N–H and O–H groups in total. The fourth-order valence-electron chi connectivity index (χ4n) is 2.08. The van der Waals surface area contributed by atoms with Gasteiger partial charge in [0.1, 0.15) is 9.77 Å². The molecular formula is C12H17NO5S2. The number of ether oxygens (including phenoxy) is 2. The minimum Gasteiger partial charge on any atom is -0.465 e. The van der Waals surface area contributed by atoms with E-state index in [2.05, 4.69) is 4.74 Å². The Labute approximate surface area is 122 Å². The van der Waals surface area contributed by atoms with Gasteiger partial charge in [0.05, 0.1) is 13.7 Å². The topological polar surface area (TPSA) is 72.9 Å². The number of sulfonamides is 1. The number of hydrogen-bond acceptors (Lipinski definition) is 6. The van der Waals surface area contributed by atoms with Gasteiger partial charge in [-0.25, -0.2) is 13.2 Å². The predicted molar refractivity (Wildman–Crippen MR) is 74.6 cm³/mol. The number of carbonyl (C=O) groups excluding carboxylic acids is 1. The van der Waals surface area contributed by atoms with E-state index in [9.17, 15) is 13.2 Å². The van der Waals surface area contributed by atoms with Crippen LogP contribution >= 0.6 is 11.3 Å². The zero-order chi connectivity index (χ0) is 14.8. The molecule has 6 nitrogen and oxygen atoms in total. The number of carbonyl (C=O) groups is 1. The molecule has 0 aliphatic carbocycles. The van der Waals surface area contributed by atoms with E-state index in [0.29, 0.717) is 38.3 Å². The molecule has 1 aliphatic heterocycles. The van der Waals surface area contributed by atoms with E-state index >= 15 is 0 Å². The van der Waals surface area contributed by atoms with Gasteiger partial charge in [0.25, 0.3) is 0 Å². The third-order valence-corrected chi connectivity index (χ3v) is 6.36. The molecule has 1 aromatic heterocycles. The van der Waals surface area contributed by atoms with E-state index in [0.717, 1.165) is 11.3 Å². The van der Waals surface area contributed by atoms with Crippen molar-refractivity contribution >= 4 is 27.3 Å². The summed E-state index contributed by atoms with van der Waals surface area (Å²) in [6.07, 6.45) is 0.649. The van der Waals surface area contributed by atoms with Gasteiger partial charge < -0.3 is 9.47 Å². The minimum absolute atomic E-state index is 0.0660. The third kappa shape index (κ3) is 2.88. The molecule has 2 rings (SSSR count). The van der Waals surface area contributed by atoms with Crippen LogP contribution in [0.5, 0.6) is 0 Å². The molecule has 0 unspecified atom stereocenters. The lowest BCUT2D eigenvalue weighted by Gasteiger charge is -2.19. The van der Waals surface area contributed by atoms with Crippen LogP contribution in [0, 0.1) is 6.92 Å². The van der Waals surface area contributed by atoms with Crippen LogP contribution in [-0.4, -0.2) is 52.1 Å². The summed E-state index contributed by atoms with van der Waals surface area (Å²) in [5.74, 6) is -0.618. The minimum atomic E-state index is -3.70. The van der Waals surface area contributed by atoms with E-state index in [1.807, 2.05) is 0 Å². The highest BCUT2D eigenvalue weighted by Crippen LogP contribution is 2.30. The SMILES string of the molecule is COC(=O)c1scc(C)c1S(=O)(=O)N1CCCOCC1. The van der Waals surface area contributed by atoms with Crippen molar-refractivity contribution < 1.29 is 22.7 Å². The van der Waals surface area contributed by atoms with Crippen molar-refractivity contribution in [1.82, 2.24) is 4.31 Å². The summed E-state index contributed by atoms with van der Waals surface area (Å²) in [6, 6.07) is 0. The number of methoxy groups -OCH3 is 1. The molecule has 2 heterocycles. The summed E-state index contributed by atoms with van der Waals surface area (Å²) in [7, 11) is -2.45. The van der Waals surface area contributed by atoms with Crippen LogP contribution in [-0.2, 0) is 19.5 Å². The van der Waals surface area contributed by atoms with Crippen molar-refractivity contribution in [3.05, 3.63) is 15.8 Å². The van der Waals surface area contributed by atoms with Gasteiger partial charge in [0, 0.05) is 19.7 Å². The summed E-state index contributed by atoms with van der Waals surface area (Å²) >= 11 is 1.09. The fraction of sp³-hybridized carbons (Fsp3) is 0.583. The van der Waals surface area contributed by atoms with Gasteiger partial charge in [-0.1, -0.05) is 0 Å². The largest absolute Gasteiger partial charge is 0.465 e. The van der Waals surface area contributed by atoms with Crippen molar-refractivity contribution in [3.8, 4) is 0 Å². The number of esters is 1. The second kappa shape index (κ2) is 6.21. The Kier molecular flexibility index (Phi) is 4.79. The maximum atomic E-state index is 12.7. The highest BCUT2D eigenvalue weighted by atomic mass is 32.2. The molecule has 112 valence electrons. The van der Waals surface area contributed by atoms with Crippen molar-refractivity contribution in [2.24, 2.45) is 0 Å². The van der Waals surface area contributed by atoms with Gasteiger partial charge in [0.15, 0.2) is 0 Å². The maximum absolute atomic E-state index is 12.7. The number of hydrogen-bond donors (Lipinski definition) is 0. The third-order valence-electron chi connectivity index (χ3n) is 3.07. The van der Waals surface area contributed by atoms with Crippen LogP contribution < -0.4 is 0 Å². The van der Waals surface area contributed by atoms with Crippen LogP contribution in [0.1, 0.15) is 21.7 Å². The number of rotatable bonds is 3. The molecule has 0 saturated carbocycles. The second-order valence-electron chi connectivity index (χ2n) is 4.44. The molecule has 0 atom stereocenters. The Morgan fingerprint density at radius 3 is 2.85 bits per heavy atom. The first-order chi connectivity index (χ1) is 9.48. The molecular weight excluding hydrogens is 302 g/mol. The van der Waals surface area contributed by atoms with Crippen LogP contribution in [0.3, 0.4) is 0 Å². The van der Waals surface area contributed by atoms with Gasteiger partial charge in [-0.05, 0) is 24.3 Å². The Bertz CT molecular complexity index is 585. The second-order valence-corrected chi connectivity index (χ2v) is 7.19. The first-order valence-electron chi connectivity index (χ1n) is 6.22. The quantitative estimate of drug-likeness (QED) is 0.784. The number of nitrogens with zero attached hydrogens (tertiary/aromatic N) is 1. The fourth-order valence-corrected chi connectivity index (χ4v) is 5.20. The summed E-state index contributed by atoms with van der Waals surface area (Å²) in [4.78, 5) is 11.9. The summed E-state index contributed by atoms with van der Waals surface area (Å²) in [5, 5.41) is 1.66. The van der Waals surface area contributed by atoms with Gasteiger partial charge in [-0.3, -0.25) is 0 Å². The lowest BCUT2D eigenvalue weighted by Crippen LogP contribution is -2.34. The molecule has 0 bridgehead atoms. The lowest BCUT2D eigenvalue weighted by molar-refractivity contribution is 0.0602. The average Bonchev–Trinajstić information content (AvgIpc) is 2.66. The molecule has 20 heavy (non-hydrogen) atoms. The highest BCUT2D eigenvalue weighted by molar-refractivity contribution is 7.89. The van der Waals surface area contributed by atoms with E-state index < -0.39 is 16.0 Å². The first-order valence-corrected chi connectivity index (χ1v) is 8.54. The van der Waals surface area contributed by atoms with E-state index in [4.69, 9.17) is 4.74 Å². The van der Waals surface area contributed by atoms with Gasteiger partial charge >= 0.3 is 5.97 Å². The van der Waals surface area contributed by atoms with Gasteiger partial charge in [-0.2, -0.15) is 4.31 Å². The normalized spacial score (nSPS) is 17.7. The van der Waals surface area contributed by atoms with Crippen LogP contribution in [0.25, 0.3) is 0 Å². The molecule has 0 amide bonds. The molecule has 8 heteroatoms. The van der Waals surface area contributed by atoms with E-state index in [1.54, 1.807) is 12.3 Å².